The average Bonchev–Trinajstić information content (AvgIpc) is 3.71. The van der Waals surface area contributed by atoms with E-state index >= 15 is 0 Å². The normalized spacial score (nSPS) is 15.7. The molecule has 7 heteroatoms. The fraction of sp³-hybridized carbons (Fsp3) is 0.375. The van der Waals surface area contributed by atoms with Gasteiger partial charge in [0.1, 0.15) is 24.7 Å². The lowest BCUT2D eigenvalue weighted by Crippen LogP contribution is -2.25. The molecule has 3 aromatic carbocycles. The predicted octanol–water partition coefficient (Wildman–Crippen LogP) is 8.03. The van der Waals surface area contributed by atoms with Gasteiger partial charge >= 0.3 is 0 Å². The molecule has 0 unspecified atom stereocenters. The minimum absolute atomic E-state index is 0. The Morgan fingerprint density at radius 3 is 1.79 bits per heavy atom. The highest BCUT2D eigenvalue weighted by atomic mass is 35.5. The highest BCUT2D eigenvalue weighted by Crippen LogP contribution is 2.46. The largest absolute Gasteiger partial charge is 0.492 e. The van der Waals surface area contributed by atoms with E-state index in [9.17, 15) is 0 Å². The highest BCUT2D eigenvalue weighted by molar-refractivity contribution is 7.23. The molecule has 39 heavy (non-hydrogen) atoms. The number of fused-ring (bicyclic) bond motifs is 1. The molecule has 0 aliphatic carbocycles. The standard InChI is InChI=1S/C32H36N2O2S.2ClH/c1-2-8-26(9-3-1)32-31(25-10-12-27(13-11-25)35-22-20-33-16-4-5-17-33)29-15-14-28(24-30(29)37-32)36-23-21-34-18-6-7-19-34;;/h1-3,8-15,24H,4-7,16-23H2;2*1H. The second-order valence-corrected chi connectivity index (χ2v) is 11.2. The third-order valence-electron chi connectivity index (χ3n) is 7.59. The van der Waals surface area contributed by atoms with Crippen molar-refractivity contribution in [3.05, 3.63) is 72.8 Å². The van der Waals surface area contributed by atoms with Crippen molar-refractivity contribution in [3.8, 4) is 33.1 Å². The molecule has 0 N–H and O–H groups in total. The van der Waals surface area contributed by atoms with Gasteiger partial charge in [0.2, 0.25) is 0 Å². The van der Waals surface area contributed by atoms with Gasteiger partial charge in [-0.05, 0) is 93.3 Å². The Balaban J connectivity index is 0.00000176. The molecular formula is C32H38Cl2N2O2S. The maximum atomic E-state index is 6.17. The highest BCUT2D eigenvalue weighted by Gasteiger charge is 2.17. The smallest absolute Gasteiger partial charge is 0.120 e. The Morgan fingerprint density at radius 1 is 0.615 bits per heavy atom. The van der Waals surface area contributed by atoms with Gasteiger partial charge in [-0.15, -0.1) is 36.2 Å². The molecule has 3 heterocycles. The Morgan fingerprint density at radius 2 is 1.18 bits per heavy atom. The molecule has 2 aliphatic heterocycles. The number of thiophene rings is 1. The minimum Gasteiger partial charge on any atom is -0.492 e. The first kappa shape index (κ1) is 29.7. The molecule has 2 saturated heterocycles. The van der Waals surface area contributed by atoms with Crippen LogP contribution in [0.4, 0.5) is 0 Å². The summed E-state index contributed by atoms with van der Waals surface area (Å²) in [4.78, 5) is 6.28. The van der Waals surface area contributed by atoms with E-state index < -0.39 is 0 Å². The van der Waals surface area contributed by atoms with Gasteiger partial charge in [-0.3, -0.25) is 9.80 Å². The second kappa shape index (κ2) is 14.4. The van der Waals surface area contributed by atoms with Gasteiger partial charge in [-0.2, -0.15) is 0 Å². The monoisotopic (exact) mass is 584 g/mol. The first-order valence-corrected chi connectivity index (χ1v) is 14.6. The van der Waals surface area contributed by atoms with Gasteiger partial charge in [0.15, 0.2) is 0 Å². The van der Waals surface area contributed by atoms with Gasteiger partial charge in [0.25, 0.3) is 0 Å². The van der Waals surface area contributed by atoms with E-state index in [0.717, 1.165) is 37.8 Å². The molecule has 0 saturated carbocycles. The fourth-order valence-electron chi connectivity index (χ4n) is 5.56. The Kier molecular flexibility index (Phi) is 11.0. The predicted molar refractivity (Wildman–Crippen MR) is 170 cm³/mol. The molecule has 0 spiro atoms. The molecule has 4 aromatic rings. The summed E-state index contributed by atoms with van der Waals surface area (Å²) in [5, 5.41) is 1.28. The van der Waals surface area contributed by atoms with Crippen LogP contribution in [-0.2, 0) is 0 Å². The first-order chi connectivity index (χ1) is 18.3. The molecule has 1 aromatic heterocycles. The van der Waals surface area contributed by atoms with Crippen molar-refractivity contribution in [1.82, 2.24) is 9.80 Å². The Bertz CT molecular complexity index is 1300. The van der Waals surface area contributed by atoms with Gasteiger partial charge < -0.3 is 9.47 Å². The van der Waals surface area contributed by atoms with Crippen LogP contribution in [0.2, 0.25) is 0 Å². The zero-order valence-corrected chi connectivity index (χ0v) is 24.8. The van der Waals surface area contributed by atoms with Crippen molar-refractivity contribution >= 4 is 46.2 Å². The molecule has 6 rings (SSSR count). The number of ether oxygens (including phenoxy) is 2. The third-order valence-corrected chi connectivity index (χ3v) is 8.79. The van der Waals surface area contributed by atoms with Crippen LogP contribution in [0.25, 0.3) is 31.7 Å². The maximum Gasteiger partial charge on any atom is 0.120 e. The molecule has 208 valence electrons. The number of hydrogen-bond donors (Lipinski definition) is 0. The van der Waals surface area contributed by atoms with Crippen LogP contribution in [0.3, 0.4) is 0 Å². The lowest BCUT2D eigenvalue weighted by atomic mass is 9.99. The Hall–Kier alpha value is -2.28. The summed E-state index contributed by atoms with van der Waals surface area (Å²) in [7, 11) is 0. The topological polar surface area (TPSA) is 24.9 Å². The van der Waals surface area contributed by atoms with E-state index in [-0.39, 0.29) is 24.8 Å². The van der Waals surface area contributed by atoms with Gasteiger partial charge in [0.05, 0.1) is 0 Å². The van der Waals surface area contributed by atoms with E-state index in [1.165, 1.54) is 83.5 Å². The lowest BCUT2D eigenvalue weighted by molar-refractivity contribution is 0.238. The molecule has 0 amide bonds. The lowest BCUT2D eigenvalue weighted by Gasteiger charge is -2.15. The number of hydrogen-bond acceptors (Lipinski definition) is 5. The number of rotatable bonds is 10. The zero-order valence-electron chi connectivity index (χ0n) is 22.3. The van der Waals surface area contributed by atoms with Crippen LogP contribution in [-0.4, -0.2) is 62.3 Å². The molecule has 2 aliphatic rings. The summed E-state index contributed by atoms with van der Waals surface area (Å²) in [6.07, 6.45) is 5.27. The SMILES string of the molecule is Cl.Cl.c1ccc(-c2sc3cc(OCCN4CCCC4)ccc3c2-c2ccc(OCCN3CCCC3)cc2)cc1. The number of halogens is 2. The van der Waals surface area contributed by atoms with Crippen molar-refractivity contribution in [2.75, 3.05) is 52.5 Å². The number of likely N-dealkylation sites (tertiary alicyclic amines) is 2. The quantitative estimate of drug-likeness (QED) is 0.188. The van der Waals surface area contributed by atoms with E-state index in [2.05, 4.69) is 82.6 Å². The first-order valence-electron chi connectivity index (χ1n) is 13.8. The third kappa shape index (κ3) is 7.27. The molecule has 4 nitrogen and oxygen atoms in total. The summed E-state index contributed by atoms with van der Waals surface area (Å²) < 4.78 is 13.5. The molecule has 0 atom stereocenters. The summed E-state index contributed by atoms with van der Waals surface area (Å²) >= 11 is 1.85. The fourth-order valence-corrected chi connectivity index (χ4v) is 6.82. The summed E-state index contributed by atoms with van der Waals surface area (Å²) in [6, 6.07) is 26.0. The minimum atomic E-state index is 0. The van der Waals surface area contributed by atoms with Crippen LogP contribution in [0.15, 0.2) is 72.8 Å². The van der Waals surface area contributed by atoms with Crippen LogP contribution in [0.5, 0.6) is 11.5 Å². The van der Waals surface area contributed by atoms with Gasteiger partial charge in [0, 0.05) is 33.6 Å². The van der Waals surface area contributed by atoms with Crippen molar-refractivity contribution in [1.29, 1.82) is 0 Å². The zero-order chi connectivity index (χ0) is 24.9. The number of nitrogens with zero attached hydrogens (tertiary/aromatic N) is 2. The van der Waals surface area contributed by atoms with E-state index in [1.54, 1.807) is 0 Å². The summed E-state index contributed by atoms with van der Waals surface area (Å²) in [5.41, 5.74) is 3.76. The maximum absolute atomic E-state index is 6.17. The molecule has 2 fully saturated rings. The van der Waals surface area contributed by atoms with Crippen molar-refractivity contribution in [2.45, 2.75) is 25.7 Å². The van der Waals surface area contributed by atoms with Crippen LogP contribution in [0.1, 0.15) is 25.7 Å². The average molecular weight is 586 g/mol. The van der Waals surface area contributed by atoms with Crippen molar-refractivity contribution in [2.24, 2.45) is 0 Å². The van der Waals surface area contributed by atoms with Crippen molar-refractivity contribution in [3.63, 3.8) is 0 Å². The second-order valence-electron chi connectivity index (χ2n) is 10.1. The van der Waals surface area contributed by atoms with Crippen molar-refractivity contribution < 1.29 is 9.47 Å². The summed E-state index contributed by atoms with van der Waals surface area (Å²) in [5.74, 6) is 1.90. The van der Waals surface area contributed by atoms with Gasteiger partial charge in [-0.25, -0.2) is 0 Å². The summed E-state index contributed by atoms with van der Waals surface area (Å²) in [6.45, 7) is 8.35. The number of benzene rings is 3. The van der Waals surface area contributed by atoms with E-state index in [0.29, 0.717) is 0 Å². The van der Waals surface area contributed by atoms with Crippen LogP contribution in [0, 0.1) is 0 Å². The molecule has 0 radical (unpaired) electrons. The molecule has 0 bridgehead atoms. The van der Waals surface area contributed by atoms with Gasteiger partial charge in [-0.1, -0.05) is 42.5 Å². The van der Waals surface area contributed by atoms with Crippen LogP contribution >= 0.6 is 36.2 Å². The van der Waals surface area contributed by atoms with E-state index in [1.807, 2.05) is 11.3 Å². The van der Waals surface area contributed by atoms with Crippen LogP contribution < -0.4 is 9.47 Å². The Labute approximate surface area is 248 Å². The molecular weight excluding hydrogens is 547 g/mol. The van der Waals surface area contributed by atoms with E-state index in [4.69, 9.17) is 9.47 Å².